The highest BCUT2D eigenvalue weighted by Gasteiger charge is 2.27. The van der Waals surface area contributed by atoms with Crippen molar-refractivity contribution in [2.45, 2.75) is 31.0 Å². The number of H-pyrrole nitrogens is 1. The minimum absolute atomic E-state index is 0.0431. The minimum atomic E-state index is -1.16. The van der Waals surface area contributed by atoms with Gasteiger partial charge in [0.25, 0.3) is 0 Å². The number of nitrogens with zero attached hydrogens (tertiary/aromatic N) is 3. The Balaban J connectivity index is 2.20. The van der Waals surface area contributed by atoms with Gasteiger partial charge in [-0.05, 0) is 0 Å². The number of rotatable bonds is 8. The summed E-state index contributed by atoms with van der Waals surface area (Å²) in [5, 5.41) is 18.0. The van der Waals surface area contributed by atoms with Gasteiger partial charge in [0.15, 0.2) is 0 Å². The Morgan fingerprint density at radius 2 is 2.00 bits per heavy atom. The van der Waals surface area contributed by atoms with Crippen molar-refractivity contribution >= 4 is 11.9 Å². The third-order valence-electron chi connectivity index (χ3n) is 3.47. The number of carboxylic acids is 2. The lowest BCUT2D eigenvalue weighted by Gasteiger charge is -2.21. The molecule has 2 unspecified atom stereocenters. The van der Waals surface area contributed by atoms with Gasteiger partial charge in [-0.3, -0.25) is 9.59 Å². The third-order valence-corrected chi connectivity index (χ3v) is 3.47. The van der Waals surface area contributed by atoms with E-state index in [0.717, 1.165) is 5.69 Å². The van der Waals surface area contributed by atoms with Crippen molar-refractivity contribution < 1.29 is 19.8 Å². The number of aromatic nitrogens is 4. The van der Waals surface area contributed by atoms with E-state index >= 15 is 0 Å². The van der Waals surface area contributed by atoms with Gasteiger partial charge in [0.2, 0.25) is 0 Å². The number of nitrogens with one attached hydrogen (secondary N) is 1. The fraction of sp³-hybridized carbons (Fsp3) is 0.385. The summed E-state index contributed by atoms with van der Waals surface area (Å²) in [6.07, 6.45) is 6.42. The van der Waals surface area contributed by atoms with E-state index in [9.17, 15) is 14.7 Å². The Hall–Kier alpha value is -2.72. The molecule has 0 fully saturated rings. The van der Waals surface area contributed by atoms with E-state index in [-0.39, 0.29) is 6.42 Å². The molecule has 0 bridgehead atoms. The Bertz CT molecular complexity index is 668. The van der Waals surface area contributed by atoms with Crippen molar-refractivity contribution in [1.82, 2.24) is 19.5 Å². The van der Waals surface area contributed by atoms with Crippen LogP contribution < -0.4 is 11.5 Å². The van der Waals surface area contributed by atoms with Crippen LogP contribution in [0.15, 0.2) is 25.0 Å². The van der Waals surface area contributed by atoms with Crippen LogP contribution in [-0.2, 0) is 22.4 Å². The number of aromatic amines is 1. The number of hydrogen-bond donors (Lipinski definition) is 5. The van der Waals surface area contributed by atoms with Crippen molar-refractivity contribution in [2.24, 2.45) is 11.5 Å². The van der Waals surface area contributed by atoms with Gasteiger partial charge in [-0.25, -0.2) is 9.97 Å². The molecule has 0 aliphatic heterocycles. The molecule has 0 saturated heterocycles. The largest absolute Gasteiger partial charge is 0.480 e. The standard InChI is InChI=1S/C13H18N6O4/c14-9(12(20)21)1-8-4-19(6-18-8)10(11(15)13(22)23)2-7-3-16-5-17-7/h3-6,9-11H,1-2,14-15H2,(H,16,17)(H,20,21)(H,22,23)/t9-,10?,11?/m0/s1. The molecule has 0 amide bonds. The van der Waals surface area contributed by atoms with Gasteiger partial charge >= 0.3 is 11.9 Å². The molecule has 124 valence electrons. The molecule has 10 nitrogen and oxygen atoms in total. The van der Waals surface area contributed by atoms with Gasteiger partial charge < -0.3 is 31.2 Å². The molecule has 0 aromatic carbocycles. The highest BCUT2D eigenvalue weighted by molar-refractivity contribution is 5.74. The maximum Gasteiger partial charge on any atom is 0.322 e. The summed E-state index contributed by atoms with van der Waals surface area (Å²) < 4.78 is 1.56. The lowest BCUT2D eigenvalue weighted by molar-refractivity contribution is -0.140. The second-order valence-electron chi connectivity index (χ2n) is 5.17. The Morgan fingerprint density at radius 1 is 1.26 bits per heavy atom. The summed E-state index contributed by atoms with van der Waals surface area (Å²) in [4.78, 5) is 32.9. The first-order valence-corrected chi connectivity index (χ1v) is 6.85. The van der Waals surface area contributed by atoms with Gasteiger partial charge in [-0.2, -0.15) is 0 Å². The van der Waals surface area contributed by atoms with Gasteiger partial charge in [-0.1, -0.05) is 0 Å². The summed E-state index contributed by atoms with van der Waals surface area (Å²) in [7, 11) is 0. The van der Waals surface area contributed by atoms with E-state index in [2.05, 4.69) is 15.0 Å². The lowest BCUT2D eigenvalue weighted by Crippen LogP contribution is -2.40. The monoisotopic (exact) mass is 322 g/mol. The normalized spacial score (nSPS) is 15.0. The first-order valence-electron chi connectivity index (χ1n) is 6.85. The van der Waals surface area contributed by atoms with E-state index in [1.807, 2.05) is 0 Å². The van der Waals surface area contributed by atoms with Crippen LogP contribution in [0.1, 0.15) is 17.4 Å². The molecule has 0 spiro atoms. The average Bonchev–Trinajstić information content (AvgIpc) is 3.15. The topological polar surface area (TPSA) is 173 Å². The van der Waals surface area contributed by atoms with Gasteiger partial charge in [-0.15, -0.1) is 0 Å². The van der Waals surface area contributed by atoms with Crippen LogP contribution >= 0.6 is 0 Å². The predicted octanol–water partition coefficient (Wildman–Crippen LogP) is -1.24. The van der Waals surface area contributed by atoms with Crippen molar-refractivity contribution in [2.75, 3.05) is 0 Å². The second-order valence-corrected chi connectivity index (χ2v) is 5.17. The smallest absolute Gasteiger partial charge is 0.322 e. The molecule has 0 saturated carbocycles. The highest BCUT2D eigenvalue weighted by Crippen LogP contribution is 2.17. The van der Waals surface area contributed by atoms with E-state index in [4.69, 9.17) is 16.6 Å². The Labute approximate surface area is 131 Å². The fourth-order valence-corrected chi connectivity index (χ4v) is 2.18. The van der Waals surface area contributed by atoms with Crippen molar-refractivity contribution in [3.63, 3.8) is 0 Å². The minimum Gasteiger partial charge on any atom is -0.480 e. The fourth-order valence-electron chi connectivity index (χ4n) is 2.18. The number of imidazole rings is 2. The quantitative estimate of drug-likeness (QED) is 0.401. The Morgan fingerprint density at radius 3 is 2.57 bits per heavy atom. The first kappa shape index (κ1) is 16.6. The molecule has 2 aromatic rings. The molecule has 0 aliphatic carbocycles. The molecule has 0 aliphatic rings. The number of nitrogens with two attached hydrogens (primary N) is 2. The highest BCUT2D eigenvalue weighted by atomic mass is 16.4. The molecule has 2 aromatic heterocycles. The molecule has 23 heavy (non-hydrogen) atoms. The van der Waals surface area contributed by atoms with E-state index in [1.165, 1.54) is 12.7 Å². The summed E-state index contributed by atoms with van der Waals surface area (Å²) in [5.41, 5.74) is 12.4. The summed E-state index contributed by atoms with van der Waals surface area (Å²) >= 11 is 0. The number of carboxylic acid groups (broad SMARTS) is 2. The first-order chi connectivity index (χ1) is 10.9. The molecule has 3 atom stereocenters. The predicted molar refractivity (Wildman–Crippen MR) is 78.5 cm³/mol. The zero-order valence-electron chi connectivity index (χ0n) is 12.2. The number of carbonyl (C=O) groups is 2. The molecule has 2 heterocycles. The molecular formula is C13H18N6O4. The van der Waals surface area contributed by atoms with Gasteiger partial charge in [0.1, 0.15) is 12.1 Å². The van der Waals surface area contributed by atoms with Gasteiger partial charge in [0.05, 0.1) is 24.4 Å². The number of aliphatic carboxylic acids is 2. The maximum atomic E-state index is 11.2. The zero-order valence-corrected chi connectivity index (χ0v) is 12.2. The summed E-state index contributed by atoms with van der Waals surface area (Å²) in [5.74, 6) is -2.28. The lowest BCUT2D eigenvalue weighted by atomic mass is 10.0. The van der Waals surface area contributed by atoms with Crippen LogP contribution in [0.2, 0.25) is 0 Å². The van der Waals surface area contributed by atoms with E-state index < -0.39 is 30.1 Å². The Kier molecular flexibility index (Phi) is 5.09. The molecule has 0 radical (unpaired) electrons. The van der Waals surface area contributed by atoms with E-state index in [0.29, 0.717) is 12.1 Å². The van der Waals surface area contributed by atoms with Gasteiger partial charge in [0, 0.05) is 30.9 Å². The molecule has 7 N–H and O–H groups in total. The van der Waals surface area contributed by atoms with Crippen molar-refractivity contribution in [1.29, 1.82) is 0 Å². The van der Waals surface area contributed by atoms with Crippen molar-refractivity contribution in [3.05, 3.63) is 36.4 Å². The summed E-state index contributed by atoms with van der Waals surface area (Å²) in [6, 6.07) is -2.83. The molecular weight excluding hydrogens is 304 g/mol. The van der Waals surface area contributed by atoms with Crippen LogP contribution in [0, 0.1) is 0 Å². The third kappa shape index (κ3) is 4.14. The van der Waals surface area contributed by atoms with Crippen LogP contribution in [0.25, 0.3) is 0 Å². The van der Waals surface area contributed by atoms with Crippen LogP contribution in [0.4, 0.5) is 0 Å². The van der Waals surface area contributed by atoms with Crippen LogP contribution in [0.5, 0.6) is 0 Å². The number of hydrogen-bond acceptors (Lipinski definition) is 6. The average molecular weight is 322 g/mol. The maximum absolute atomic E-state index is 11.2. The van der Waals surface area contributed by atoms with Crippen molar-refractivity contribution in [3.8, 4) is 0 Å². The van der Waals surface area contributed by atoms with Crippen LogP contribution in [-0.4, -0.2) is 53.8 Å². The SMILES string of the molecule is NC(C(=O)O)C(Cc1cnc[nH]1)n1cnc(C[C@H](N)C(=O)O)c1. The molecule has 2 rings (SSSR count). The molecule has 10 heteroatoms. The summed E-state index contributed by atoms with van der Waals surface area (Å²) in [6.45, 7) is 0. The second kappa shape index (κ2) is 7.03. The zero-order chi connectivity index (χ0) is 17.0. The van der Waals surface area contributed by atoms with E-state index in [1.54, 1.807) is 17.0 Å². The van der Waals surface area contributed by atoms with Crippen LogP contribution in [0.3, 0.4) is 0 Å².